The molecule has 2 aromatic heterocycles. The molecule has 1 aliphatic rings. The Kier molecular flexibility index (Phi) is 7.55. The lowest BCUT2D eigenvalue weighted by molar-refractivity contribution is -0.127. The van der Waals surface area contributed by atoms with Gasteiger partial charge in [-0.2, -0.15) is 0 Å². The average molecular weight is 492 g/mol. The van der Waals surface area contributed by atoms with Crippen molar-refractivity contribution in [1.29, 1.82) is 0 Å². The summed E-state index contributed by atoms with van der Waals surface area (Å²) >= 11 is 9.00. The average Bonchev–Trinajstić information content (AvgIpc) is 3.34. The largest absolute Gasteiger partial charge is 0.385 e. The Morgan fingerprint density at radius 2 is 2.22 bits per heavy atom. The molecule has 4 rings (SSSR count). The lowest BCUT2D eigenvalue weighted by atomic mass is 10.2. The Labute approximate surface area is 200 Å². The third-order valence-corrected chi connectivity index (χ3v) is 7.96. The zero-order chi connectivity index (χ0) is 22.7. The molecular weight excluding hydrogens is 466 g/mol. The van der Waals surface area contributed by atoms with Gasteiger partial charge in [0.1, 0.15) is 4.83 Å². The van der Waals surface area contributed by atoms with Crippen molar-refractivity contribution >= 4 is 50.8 Å². The van der Waals surface area contributed by atoms with Crippen LogP contribution in [0.2, 0.25) is 5.02 Å². The molecule has 32 heavy (non-hydrogen) atoms. The number of methoxy groups -OCH3 is 1. The summed E-state index contributed by atoms with van der Waals surface area (Å²) in [6.45, 7) is 1.57. The molecule has 1 aliphatic carbocycles. The van der Waals surface area contributed by atoms with E-state index in [0.717, 1.165) is 35.0 Å². The molecule has 9 heteroatoms. The Morgan fingerprint density at radius 1 is 1.38 bits per heavy atom. The van der Waals surface area contributed by atoms with Crippen molar-refractivity contribution in [3.05, 3.63) is 55.6 Å². The molecule has 0 saturated heterocycles. The number of aryl methyl sites for hydroxylation is 2. The number of halogens is 1. The highest BCUT2D eigenvalue weighted by atomic mass is 35.5. The molecule has 0 spiro atoms. The Hall–Kier alpha value is -1.87. The molecule has 1 amide bonds. The van der Waals surface area contributed by atoms with Crippen LogP contribution in [0.3, 0.4) is 0 Å². The molecule has 0 radical (unpaired) electrons. The summed E-state index contributed by atoms with van der Waals surface area (Å²) in [5, 5.41) is 2.02. The fraction of sp³-hybridized carbons (Fsp3) is 0.435. The van der Waals surface area contributed by atoms with Gasteiger partial charge in [0.2, 0.25) is 5.91 Å². The maximum absolute atomic E-state index is 13.4. The van der Waals surface area contributed by atoms with E-state index in [1.54, 1.807) is 35.0 Å². The summed E-state index contributed by atoms with van der Waals surface area (Å²) in [4.78, 5) is 34.7. The third-order valence-electron chi connectivity index (χ3n) is 5.58. The maximum atomic E-state index is 13.4. The SMILES string of the molecule is COCCCn1c(SCC(=O)N(C)Cc2cccc(Cl)c2)nc2sc3c(c2c1=O)CCC3. The number of nitrogens with zero attached hydrogens (tertiary/aromatic N) is 3. The summed E-state index contributed by atoms with van der Waals surface area (Å²) in [5.41, 5.74) is 2.16. The smallest absolute Gasteiger partial charge is 0.263 e. The molecule has 1 aromatic carbocycles. The highest BCUT2D eigenvalue weighted by molar-refractivity contribution is 7.99. The van der Waals surface area contributed by atoms with Gasteiger partial charge in [0, 0.05) is 43.8 Å². The van der Waals surface area contributed by atoms with Crippen LogP contribution in [0.1, 0.15) is 28.8 Å². The summed E-state index contributed by atoms with van der Waals surface area (Å²) in [7, 11) is 3.43. The first kappa shape index (κ1) is 23.3. The van der Waals surface area contributed by atoms with Crippen LogP contribution in [0.5, 0.6) is 0 Å². The van der Waals surface area contributed by atoms with Gasteiger partial charge >= 0.3 is 0 Å². The van der Waals surface area contributed by atoms with E-state index in [1.165, 1.54) is 22.2 Å². The molecular formula is C23H26ClN3O3S2. The van der Waals surface area contributed by atoms with E-state index in [1.807, 2.05) is 24.3 Å². The number of ether oxygens (including phenoxy) is 1. The van der Waals surface area contributed by atoms with E-state index in [2.05, 4.69) is 0 Å². The van der Waals surface area contributed by atoms with Crippen molar-refractivity contribution in [2.24, 2.45) is 0 Å². The normalized spacial score (nSPS) is 13.0. The number of thioether (sulfide) groups is 1. The lowest BCUT2D eigenvalue weighted by Gasteiger charge is -2.18. The monoisotopic (exact) mass is 491 g/mol. The van der Waals surface area contributed by atoms with Crippen molar-refractivity contribution in [2.45, 2.75) is 43.9 Å². The maximum Gasteiger partial charge on any atom is 0.263 e. The molecule has 2 heterocycles. The van der Waals surface area contributed by atoms with Gasteiger partial charge in [0.15, 0.2) is 5.16 Å². The fourth-order valence-electron chi connectivity index (χ4n) is 3.97. The molecule has 0 bridgehead atoms. The minimum Gasteiger partial charge on any atom is -0.385 e. The van der Waals surface area contributed by atoms with E-state index >= 15 is 0 Å². The molecule has 170 valence electrons. The first-order valence-electron chi connectivity index (χ1n) is 10.6. The zero-order valence-corrected chi connectivity index (χ0v) is 20.6. The minimum atomic E-state index is -0.0264. The van der Waals surface area contributed by atoms with Gasteiger partial charge in [0.05, 0.1) is 11.1 Å². The van der Waals surface area contributed by atoms with Gasteiger partial charge in [-0.3, -0.25) is 14.2 Å². The second kappa shape index (κ2) is 10.4. The lowest BCUT2D eigenvalue weighted by Crippen LogP contribution is -2.29. The second-order valence-electron chi connectivity index (χ2n) is 7.90. The third kappa shape index (κ3) is 5.03. The van der Waals surface area contributed by atoms with E-state index in [9.17, 15) is 9.59 Å². The highest BCUT2D eigenvalue weighted by Crippen LogP contribution is 2.35. The van der Waals surface area contributed by atoms with Crippen molar-refractivity contribution < 1.29 is 9.53 Å². The first-order chi connectivity index (χ1) is 15.5. The number of carbonyl (C=O) groups is 1. The Balaban J connectivity index is 1.54. The van der Waals surface area contributed by atoms with Crippen LogP contribution in [0.4, 0.5) is 0 Å². The van der Waals surface area contributed by atoms with Crippen molar-refractivity contribution in [1.82, 2.24) is 14.5 Å². The van der Waals surface area contributed by atoms with E-state index < -0.39 is 0 Å². The van der Waals surface area contributed by atoms with Crippen LogP contribution in [0.15, 0.2) is 34.2 Å². The number of thiophene rings is 1. The standard InChI is InChI=1S/C23H26ClN3O3S2/c1-26(13-15-6-3-7-16(24)12-15)19(28)14-31-23-25-21-20(17-8-4-9-18(17)32-21)22(29)27(23)10-5-11-30-2/h3,6-7,12H,4-5,8-11,13-14H2,1-2H3. The van der Waals surface area contributed by atoms with Crippen LogP contribution in [0, 0.1) is 0 Å². The molecule has 0 atom stereocenters. The number of fused-ring (bicyclic) bond motifs is 3. The summed E-state index contributed by atoms with van der Waals surface area (Å²) in [5.74, 6) is 0.186. The minimum absolute atomic E-state index is 0.00716. The number of benzene rings is 1. The quantitative estimate of drug-likeness (QED) is 0.252. The Morgan fingerprint density at radius 3 is 3.00 bits per heavy atom. The molecule has 6 nitrogen and oxygen atoms in total. The van der Waals surface area contributed by atoms with Crippen molar-refractivity contribution in [3.63, 3.8) is 0 Å². The molecule has 0 saturated carbocycles. The van der Waals surface area contributed by atoms with Crippen LogP contribution in [-0.2, 0) is 35.5 Å². The van der Waals surface area contributed by atoms with Crippen LogP contribution in [0.25, 0.3) is 10.2 Å². The van der Waals surface area contributed by atoms with E-state index in [0.29, 0.717) is 36.3 Å². The van der Waals surface area contributed by atoms with Gasteiger partial charge in [0.25, 0.3) is 5.56 Å². The Bertz CT molecular complexity index is 1190. The predicted octanol–water partition coefficient (Wildman–Crippen LogP) is 4.39. The number of amides is 1. The molecule has 3 aromatic rings. The van der Waals surface area contributed by atoms with Gasteiger partial charge < -0.3 is 9.64 Å². The van der Waals surface area contributed by atoms with Crippen LogP contribution in [-0.4, -0.2) is 46.9 Å². The molecule has 0 fully saturated rings. The van der Waals surface area contributed by atoms with Crippen LogP contribution >= 0.6 is 34.7 Å². The highest BCUT2D eigenvalue weighted by Gasteiger charge is 2.23. The van der Waals surface area contributed by atoms with Gasteiger partial charge in [-0.05, 0) is 48.9 Å². The summed E-state index contributed by atoms with van der Waals surface area (Å²) < 4.78 is 6.90. The first-order valence-corrected chi connectivity index (χ1v) is 12.8. The van der Waals surface area contributed by atoms with E-state index in [4.69, 9.17) is 21.3 Å². The molecule has 0 aliphatic heterocycles. The van der Waals surface area contributed by atoms with Gasteiger partial charge in [-0.1, -0.05) is 35.5 Å². The van der Waals surface area contributed by atoms with Crippen LogP contribution < -0.4 is 5.56 Å². The van der Waals surface area contributed by atoms with Gasteiger partial charge in [-0.15, -0.1) is 11.3 Å². The molecule has 0 unspecified atom stereocenters. The number of rotatable bonds is 9. The topological polar surface area (TPSA) is 64.4 Å². The van der Waals surface area contributed by atoms with Crippen molar-refractivity contribution in [2.75, 3.05) is 26.5 Å². The van der Waals surface area contributed by atoms with Gasteiger partial charge in [-0.25, -0.2) is 4.98 Å². The number of aromatic nitrogens is 2. The number of hydrogen-bond acceptors (Lipinski definition) is 6. The fourth-order valence-corrected chi connectivity index (χ4v) is 6.45. The van der Waals surface area contributed by atoms with E-state index in [-0.39, 0.29) is 17.2 Å². The second-order valence-corrected chi connectivity index (χ2v) is 10.4. The predicted molar refractivity (Wildman–Crippen MR) is 131 cm³/mol. The zero-order valence-electron chi connectivity index (χ0n) is 18.2. The van der Waals surface area contributed by atoms with Crippen molar-refractivity contribution in [3.8, 4) is 0 Å². The number of hydrogen-bond donors (Lipinski definition) is 0. The molecule has 0 N–H and O–H groups in total. The summed E-state index contributed by atoms with van der Waals surface area (Å²) in [6.07, 6.45) is 3.79. The summed E-state index contributed by atoms with van der Waals surface area (Å²) in [6, 6.07) is 7.49. The number of carbonyl (C=O) groups excluding carboxylic acids is 1.